The predicted molar refractivity (Wildman–Crippen MR) is 41.8 cm³/mol. The molecule has 0 aliphatic carbocycles. The Morgan fingerprint density at radius 3 is 2.92 bits per heavy atom. The molecular weight excluding hydrogens is 183 g/mol. The summed E-state index contributed by atoms with van der Waals surface area (Å²) in [5, 5.41) is 8.25. The van der Waals surface area contributed by atoms with Crippen molar-refractivity contribution in [3.05, 3.63) is 18.1 Å². The van der Waals surface area contributed by atoms with E-state index >= 15 is 0 Å². The van der Waals surface area contributed by atoms with Crippen molar-refractivity contribution in [1.29, 1.82) is 0 Å². The molecule has 1 unspecified atom stereocenters. The molecule has 1 heterocycles. The first-order valence-corrected chi connectivity index (χ1v) is 4.07. The molecule has 3 nitrogen and oxygen atoms in total. The summed E-state index contributed by atoms with van der Waals surface area (Å²) in [4.78, 5) is 10.6. The number of thioether (sulfide) groups is 1. The number of aryl methyl sites for hydroxylation is 1. The number of halogens is 1. The number of carboxylic acids is 1. The Morgan fingerprint density at radius 1 is 1.83 bits per heavy atom. The molecule has 0 saturated heterocycles. The molecule has 1 N–H and O–H groups in total. The van der Waals surface area contributed by atoms with Gasteiger partial charge in [-0.2, -0.15) is 0 Å². The van der Waals surface area contributed by atoms with Crippen molar-refractivity contribution in [2.45, 2.75) is 17.3 Å². The van der Waals surface area contributed by atoms with Gasteiger partial charge in [0.1, 0.15) is 5.76 Å². The number of aliphatic carboxylic acids is 1. The molecular formula is C7H7FO3S. The third-order valence-corrected chi connectivity index (χ3v) is 2.32. The van der Waals surface area contributed by atoms with Crippen LogP contribution in [0.15, 0.2) is 21.6 Å². The van der Waals surface area contributed by atoms with Gasteiger partial charge in [-0.3, -0.25) is 0 Å². The summed E-state index contributed by atoms with van der Waals surface area (Å²) in [6.45, 7) is 1.65. The van der Waals surface area contributed by atoms with Gasteiger partial charge < -0.3 is 9.52 Å². The lowest BCUT2D eigenvalue weighted by atomic mass is 10.5. The maximum Gasteiger partial charge on any atom is 0.349 e. The average Bonchev–Trinajstić information content (AvgIpc) is 2.36. The number of alkyl halides is 1. The summed E-state index contributed by atoms with van der Waals surface area (Å²) in [5.74, 6) is -0.940. The molecule has 1 rings (SSSR count). The number of carbonyl (C=O) groups is 1. The molecule has 1 atom stereocenters. The van der Waals surface area contributed by atoms with Crippen molar-refractivity contribution >= 4 is 17.7 Å². The zero-order chi connectivity index (χ0) is 9.14. The van der Waals surface area contributed by atoms with Crippen LogP contribution in [0.3, 0.4) is 0 Å². The Hall–Kier alpha value is -0.970. The Morgan fingerprint density at radius 2 is 2.50 bits per heavy atom. The first-order chi connectivity index (χ1) is 5.61. The van der Waals surface area contributed by atoms with Crippen LogP contribution in [0.5, 0.6) is 0 Å². The van der Waals surface area contributed by atoms with E-state index in [1.807, 2.05) is 0 Å². The number of furan rings is 1. The average molecular weight is 190 g/mol. The molecule has 0 amide bonds. The fourth-order valence-corrected chi connectivity index (χ4v) is 1.33. The highest BCUT2D eigenvalue weighted by atomic mass is 32.2. The van der Waals surface area contributed by atoms with Crippen LogP contribution < -0.4 is 0 Å². The number of hydrogen-bond acceptors (Lipinski definition) is 3. The molecule has 0 bridgehead atoms. The largest absolute Gasteiger partial charge is 0.478 e. The smallest absolute Gasteiger partial charge is 0.349 e. The minimum Gasteiger partial charge on any atom is -0.478 e. The van der Waals surface area contributed by atoms with Gasteiger partial charge >= 0.3 is 5.97 Å². The van der Waals surface area contributed by atoms with Gasteiger partial charge in [0.25, 0.3) is 0 Å². The van der Waals surface area contributed by atoms with E-state index in [1.165, 1.54) is 12.3 Å². The van der Waals surface area contributed by atoms with Crippen LogP contribution in [0.4, 0.5) is 4.39 Å². The molecule has 0 fully saturated rings. The minimum atomic E-state index is -1.93. The lowest BCUT2D eigenvalue weighted by Gasteiger charge is -1.99. The van der Waals surface area contributed by atoms with E-state index < -0.39 is 11.5 Å². The normalized spacial score (nSPS) is 12.8. The molecule has 0 aliphatic heterocycles. The van der Waals surface area contributed by atoms with E-state index in [9.17, 15) is 9.18 Å². The van der Waals surface area contributed by atoms with E-state index in [4.69, 9.17) is 9.52 Å². The maximum absolute atomic E-state index is 12.6. The molecule has 0 radical (unpaired) electrons. The Labute approximate surface area is 72.6 Å². The van der Waals surface area contributed by atoms with Gasteiger partial charge in [0.05, 0.1) is 11.2 Å². The number of rotatable bonds is 3. The van der Waals surface area contributed by atoms with Crippen LogP contribution >= 0.6 is 11.8 Å². The first-order valence-electron chi connectivity index (χ1n) is 3.19. The second kappa shape index (κ2) is 3.62. The van der Waals surface area contributed by atoms with E-state index in [1.54, 1.807) is 6.92 Å². The van der Waals surface area contributed by atoms with Crippen molar-refractivity contribution in [2.24, 2.45) is 0 Å². The summed E-state index contributed by atoms with van der Waals surface area (Å²) in [6, 6.07) is 1.54. The van der Waals surface area contributed by atoms with E-state index in [0.717, 1.165) is 0 Å². The van der Waals surface area contributed by atoms with Gasteiger partial charge in [0, 0.05) is 0 Å². The molecule has 0 aromatic carbocycles. The molecule has 5 heteroatoms. The van der Waals surface area contributed by atoms with Gasteiger partial charge in [-0.1, -0.05) is 11.8 Å². The fraction of sp³-hybridized carbons (Fsp3) is 0.286. The highest BCUT2D eigenvalue weighted by Gasteiger charge is 2.18. The van der Waals surface area contributed by atoms with Crippen LogP contribution in [-0.4, -0.2) is 16.6 Å². The van der Waals surface area contributed by atoms with Crippen LogP contribution in [0, 0.1) is 6.92 Å². The SMILES string of the molecule is Cc1occc1SC(F)C(=O)O. The summed E-state index contributed by atoms with van der Waals surface area (Å²) < 4.78 is 17.5. The number of carboxylic acid groups (broad SMARTS) is 1. The van der Waals surface area contributed by atoms with Gasteiger partial charge in [-0.15, -0.1) is 0 Å². The Balaban J connectivity index is 2.64. The molecule has 66 valence electrons. The first kappa shape index (κ1) is 9.12. The van der Waals surface area contributed by atoms with Crippen molar-refractivity contribution in [2.75, 3.05) is 0 Å². The van der Waals surface area contributed by atoms with Gasteiger partial charge in [0.2, 0.25) is 5.50 Å². The fourth-order valence-electron chi connectivity index (χ4n) is 0.657. The molecule has 12 heavy (non-hydrogen) atoms. The highest BCUT2D eigenvalue weighted by molar-refractivity contribution is 8.00. The molecule has 0 aliphatic rings. The van der Waals surface area contributed by atoms with Crippen molar-refractivity contribution in [1.82, 2.24) is 0 Å². The summed E-state index contributed by atoms with van der Waals surface area (Å²) >= 11 is 0.625. The van der Waals surface area contributed by atoms with Crippen molar-refractivity contribution in [3.8, 4) is 0 Å². The van der Waals surface area contributed by atoms with Crippen LogP contribution in [0.2, 0.25) is 0 Å². The third kappa shape index (κ3) is 2.01. The maximum atomic E-state index is 12.6. The van der Waals surface area contributed by atoms with Crippen LogP contribution in [0.25, 0.3) is 0 Å². The Kier molecular flexibility index (Phi) is 2.75. The monoisotopic (exact) mass is 190 g/mol. The third-order valence-electron chi connectivity index (χ3n) is 1.24. The Bertz CT molecular complexity index is 284. The van der Waals surface area contributed by atoms with Crippen molar-refractivity contribution < 1.29 is 18.7 Å². The molecule has 0 saturated carbocycles. The van der Waals surface area contributed by atoms with Crippen LogP contribution in [0.1, 0.15) is 5.76 Å². The second-order valence-corrected chi connectivity index (χ2v) is 3.20. The van der Waals surface area contributed by atoms with E-state index in [0.29, 0.717) is 22.4 Å². The second-order valence-electron chi connectivity index (χ2n) is 2.11. The molecule has 1 aromatic heterocycles. The summed E-state index contributed by atoms with van der Waals surface area (Å²) in [7, 11) is 0. The van der Waals surface area contributed by atoms with Crippen LogP contribution in [-0.2, 0) is 4.79 Å². The van der Waals surface area contributed by atoms with Crippen molar-refractivity contribution in [3.63, 3.8) is 0 Å². The van der Waals surface area contributed by atoms with Gasteiger partial charge in [-0.05, 0) is 13.0 Å². The van der Waals surface area contributed by atoms with Gasteiger partial charge in [0.15, 0.2) is 0 Å². The predicted octanol–water partition coefficient (Wildman–Crippen LogP) is 2.06. The summed E-state index contributed by atoms with van der Waals surface area (Å²) in [5.41, 5.74) is -1.93. The minimum absolute atomic E-state index is 0.518. The standard InChI is InChI=1S/C7H7FO3S/c1-4-5(2-3-11-4)12-6(8)7(9)10/h2-3,6H,1H3,(H,9,10). The topological polar surface area (TPSA) is 50.4 Å². The lowest BCUT2D eigenvalue weighted by Crippen LogP contribution is -2.09. The molecule has 0 spiro atoms. The van der Waals surface area contributed by atoms with E-state index in [2.05, 4.69) is 0 Å². The zero-order valence-corrected chi connectivity index (χ0v) is 7.10. The van der Waals surface area contributed by atoms with E-state index in [-0.39, 0.29) is 0 Å². The quantitative estimate of drug-likeness (QED) is 0.741. The lowest BCUT2D eigenvalue weighted by molar-refractivity contribution is -0.139. The van der Waals surface area contributed by atoms with Gasteiger partial charge in [-0.25, -0.2) is 9.18 Å². The summed E-state index contributed by atoms with van der Waals surface area (Å²) in [6.07, 6.45) is 1.40. The highest BCUT2D eigenvalue weighted by Crippen LogP contribution is 2.27. The zero-order valence-electron chi connectivity index (χ0n) is 6.28. The number of hydrogen-bond donors (Lipinski definition) is 1. The molecule has 1 aromatic rings.